The molecule has 1 aliphatic heterocycles. The lowest BCUT2D eigenvalue weighted by Crippen LogP contribution is -2.47. The molecule has 3 heteroatoms. The largest absolute Gasteiger partial charge is 0.301 e. The summed E-state index contributed by atoms with van der Waals surface area (Å²) >= 11 is 4.31. The van der Waals surface area contributed by atoms with Crippen LogP contribution in [0, 0.1) is 5.92 Å². The molecule has 13 heavy (non-hydrogen) atoms. The second kappa shape index (κ2) is 5.89. The fourth-order valence-electron chi connectivity index (χ4n) is 1.79. The van der Waals surface area contributed by atoms with Gasteiger partial charge in [0.2, 0.25) is 0 Å². The zero-order valence-electron chi connectivity index (χ0n) is 8.87. The van der Waals surface area contributed by atoms with Crippen LogP contribution in [0.4, 0.5) is 0 Å². The second-order valence-corrected chi connectivity index (χ2v) is 4.39. The first kappa shape index (κ1) is 11.3. The molecule has 0 aromatic rings. The van der Waals surface area contributed by atoms with Crippen LogP contribution in [-0.2, 0) is 0 Å². The van der Waals surface area contributed by atoms with Gasteiger partial charge in [-0.1, -0.05) is 13.8 Å². The standard InChI is InChI=1S/C10H22N2S/c1-3-11-4-6-12(7-5-11)8-10(2)9-13/h10,13H,3-9H2,1-2H3. The highest BCUT2D eigenvalue weighted by Crippen LogP contribution is 2.06. The molecule has 0 spiro atoms. The average molecular weight is 202 g/mol. The van der Waals surface area contributed by atoms with Crippen LogP contribution in [0.1, 0.15) is 13.8 Å². The smallest absolute Gasteiger partial charge is 0.0110 e. The normalized spacial score (nSPS) is 23.3. The Balaban J connectivity index is 2.17. The maximum absolute atomic E-state index is 4.31. The third-order valence-corrected chi connectivity index (χ3v) is 3.42. The predicted molar refractivity (Wildman–Crippen MR) is 61.6 cm³/mol. The number of piperazine rings is 1. The van der Waals surface area contributed by atoms with Crippen molar-refractivity contribution in [3.63, 3.8) is 0 Å². The van der Waals surface area contributed by atoms with Gasteiger partial charge in [0.1, 0.15) is 0 Å². The Kier molecular flexibility index (Phi) is 5.14. The summed E-state index contributed by atoms with van der Waals surface area (Å²) in [6, 6.07) is 0. The van der Waals surface area contributed by atoms with Gasteiger partial charge in [0.05, 0.1) is 0 Å². The van der Waals surface area contributed by atoms with Gasteiger partial charge in [-0.25, -0.2) is 0 Å². The molecule has 0 aromatic carbocycles. The Labute approximate surface area is 87.7 Å². The summed E-state index contributed by atoms with van der Waals surface area (Å²) in [5, 5.41) is 0. The van der Waals surface area contributed by atoms with E-state index in [1.807, 2.05) is 0 Å². The van der Waals surface area contributed by atoms with Gasteiger partial charge in [-0.05, 0) is 18.2 Å². The summed E-state index contributed by atoms with van der Waals surface area (Å²) in [6.45, 7) is 11.9. The van der Waals surface area contributed by atoms with E-state index in [1.165, 1.54) is 39.3 Å². The van der Waals surface area contributed by atoms with Gasteiger partial charge in [-0.15, -0.1) is 0 Å². The van der Waals surface area contributed by atoms with Crippen molar-refractivity contribution in [1.29, 1.82) is 0 Å². The molecule has 1 heterocycles. The molecule has 0 aliphatic carbocycles. The van der Waals surface area contributed by atoms with Crippen LogP contribution in [0.2, 0.25) is 0 Å². The molecule has 1 unspecified atom stereocenters. The number of thiol groups is 1. The van der Waals surface area contributed by atoms with Crippen LogP contribution >= 0.6 is 12.6 Å². The van der Waals surface area contributed by atoms with E-state index in [-0.39, 0.29) is 0 Å². The van der Waals surface area contributed by atoms with E-state index in [9.17, 15) is 0 Å². The van der Waals surface area contributed by atoms with Gasteiger partial charge in [-0.3, -0.25) is 0 Å². The molecule has 0 amide bonds. The van der Waals surface area contributed by atoms with Gasteiger partial charge >= 0.3 is 0 Å². The lowest BCUT2D eigenvalue weighted by atomic mass is 10.2. The molecular formula is C10H22N2S. The lowest BCUT2D eigenvalue weighted by molar-refractivity contribution is 0.127. The van der Waals surface area contributed by atoms with Crippen LogP contribution in [-0.4, -0.2) is 54.8 Å². The van der Waals surface area contributed by atoms with Crippen molar-refractivity contribution in [2.45, 2.75) is 13.8 Å². The molecule has 0 aromatic heterocycles. The molecule has 0 saturated carbocycles. The summed E-state index contributed by atoms with van der Waals surface area (Å²) < 4.78 is 0. The van der Waals surface area contributed by atoms with Crippen molar-refractivity contribution < 1.29 is 0 Å². The van der Waals surface area contributed by atoms with Gasteiger partial charge in [0, 0.05) is 32.7 Å². The van der Waals surface area contributed by atoms with E-state index in [0.29, 0.717) is 0 Å². The van der Waals surface area contributed by atoms with Crippen molar-refractivity contribution in [3.05, 3.63) is 0 Å². The Hall–Kier alpha value is 0.270. The Morgan fingerprint density at radius 2 is 1.69 bits per heavy atom. The molecule has 0 radical (unpaired) electrons. The van der Waals surface area contributed by atoms with Gasteiger partial charge in [-0.2, -0.15) is 12.6 Å². The van der Waals surface area contributed by atoms with E-state index < -0.39 is 0 Å². The second-order valence-electron chi connectivity index (χ2n) is 4.02. The number of likely N-dealkylation sites (N-methyl/N-ethyl adjacent to an activating group) is 1. The number of hydrogen-bond donors (Lipinski definition) is 1. The molecule has 0 bridgehead atoms. The van der Waals surface area contributed by atoms with Crippen LogP contribution in [0.5, 0.6) is 0 Å². The van der Waals surface area contributed by atoms with E-state index >= 15 is 0 Å². The summed E-state index contributed by atoms with van der Waals surface area (Å²) in [5.41, 5.74) is 0. The van der Waals surface area contributed by atoms with E-state index in [2.05, 4.69) is 36.3 Å². The first-order valence-electron chi connectivity index (χ1n) is 5.31. The van der Waals surface area contributed by atoms with Gasteiger partial charge in [0.15, 0.2) is 0 Å². The Morgan fingerprint density at radius 1 is 1.15 bits per heavy atom. The minimum Gasteiger partial charge on any atom is -0.301 e. The van der Waals surface area contributed by atoms with E-state index in [4.69, 9.17) is 0 Å². The SMILES string of the molecule is CCN1CCN(CC(C)CS)CC1. The molecule has 2 nitrogen and oxygen atoms in total. The summed E-state index contributed by atoms with van der Waals surface area (Å²) in [5.74, 6) is 1.74. The summed E-state index contributed by atoms with van der Waals surface area (Å²) in [4.78, 5) is 5.08. The number of rotatable bonds is 4. The molecule has 0 N–H and O–H groups in total. The average Bonchev–Trinajstić information content (AvgIpc) is 2.19. The topological polar surface area (TPSA) is 6.48 Å². The maximum atomic E-state index is 4.31. The first-order valence-corrected chi connectivity index (χ1v) is 5.95. The molecule has 1 aliphatic rings. The highest BCUT2D eigenvalue weighted by Gasteiger charge is 2.16. The van der Waals surface area contributed by atoms with Crippen molar-refractivity contribution in [3.8, 4) is 0 Å². The van der Waals surface area contributed by atoms with Crippen LogP contribution in [0.25, 0.3) is 0 Å². The van der Waals surface area contributed by atoms with Crippen LogP contribution in [0.15, 0.2) is 0 Å². The third kappa shape index (κ3) is 3.88. The predicted octanol–water partition coefficient (Wildman–Crippen LogP) is 1.19. The summed E-state index contributed by atoms with van der Waals surface area (Å²) in [6.07, 6.45) is 0. The first-order chi connectivity index (χ1) is 6.26. The van der Waals surface area contributed by atoms with Gasteiger partial charge < -0.3 is 9.80 Å². The molecular weight excluding hydrogens is 180 g/mol. The number of nitrogens with zero attached hydrogens (tertiary/aromatic N) is 2. The van der Waals surface area contributed by atoms with Crippen molar-refractivity contribution >= 4 is 12.6 Å². The summed E-state index contributed by atoms with van der Waals surface area (Å²) in [7, 11) is 0. The zero-order chi connectivity index (χ0) is 9.68. The highest BCUT2D eigenvalue weighted by atomic mass is 32.1. The Morgan fingerprint density at radius 3 is 2.15 bits per heavy atom. The van der Waals surface area contributed by atoms with Crippen molar-refractivity contribution in [2.24, 2.45) is 5.92 Å². The monoisotopic (exact) mass is 202 g/mol. The van der Waals surface area contributed by atoms with E-state index in [0.717, 1.165) is 11.7 Å². The fraction of sp³-hybridized carbons (Fsp3) is 1.00. The minimum absolute atomic E-state index is 0.733. The molecule has 1 atom stereocenters. The molecule has 1 fully saturated rings. The number of hydrogen-bond acceptors (Lipinski definition) is 3. The van der Waals surface area contributed by atoms with Gasteiger partial charge in [0.25, 0.3) is 0 Å². The molecule has 1 rings (SSSR count). The molecule has 1 saturated heterocycles. The highest BCUT2D eigenvalue weighted by molar-refractivity contribution is 7.80. The molecule has 78 valence electrons. The third-order valence-electron chi connectivity index (χ3n) is 2.79. The Bertz CT molecular complexity index is 133. The van der Waals surface area contributed by atoms with Crippen LogP contribution in [0.3, 0.4) is 0 Å². The quantitative estimate of drug-likeness (QED) is 0.684. The lowest BCUT2D eigenvalue weighted by Gasteiger charge is -2.35. The van der Waals surface area contributed by atoms with Crippen molar-refractivity contribution in [2.75, 3.05) is 45.0 Å². The van der Waals surface area contributed by atoms with E-state index in [1.54, 1.807) is 0 Å². The van der Waals surface area contributed by atoms with Crippen molar-refractivity contribution in [1.82, 2.24) is 9.80 Å². The maximum Gasteiger partial charge on any atom is 0.0110 e. The zero-order valence-corrected chi connectivity index (χ0v) is 9.76. The van der Waals surface area contributed by atoms with Crippen LogP contribution < -0.4 is 0 Å². The minimum atomic E-state index is 0.733. The fourth-order valence-corrected chi connectivity index (χ4v) is 1.90.